The third kappa shape index (κ3) is 6.09. The highest BCUT2D eigenvalue weighted by molar-refractivity contribution is 5.85. The standard InChI is InChI=1S/C30H30FNO/c1-22(32-19-18-26-8-5-7-25-6-3-4-9-30(25)26)20-27-21-29(33-2)17-14-24(27)13-10-23-11-15-28(31)16-12-23/h3-17,21-22,32H,18-20H2,1-2H3. The fraction of sp³-hybridized carbons (Fsp3) is 0.200. The van der Waals surface area contributed by atoms with E-state index in [0.29, 0.717) is 6.04 Å². The zero-order chi connectivity index (χ0) is 23.0. The molecule has 0 saturated carbocycles. The van der Waals surface area contributed by atoms with Crippen LogP contribution in [0.2, 0.25) is 0 Å². The van der Waals surface area contributed by atoms with E-state index >= 15 is 0 Å². The van der Waals surface area contributed by atoms with Crippen molar-refractivity contribution in [1.29, 1.82) is 0 Å². The second-order valence-electron chi connectivity index (χ2n) is 8.40. The van der Waals surface area contributed by atoms with Crippen molar-refractivity contribution < 1.29 is 9.13 Å². The molecule has 0 spiro atoms. The molecule has 1 unspecified atom stereocenters. The number of halogens is 1. The van der Waals surface area contributed by atoms with Crippen LogP contribution in [0.4, 0.5) is 4.39 Å². The van der Waals surface area contributed by atoms with Crippen LogP contribution in [-0.4, -0.2) is 19.7 Å². The molecule has 4 aromatic carbocycles. The van der Waals surface area contributed by atoms with Crippen molar-refractivity contribution in [3.8, 4) is 5.75 Å². The first-order valence-corrected chi connectivity index (χ1v) is 11.4. The van der Waals surface area contributed by atoms with E-state index in [1.165, 1.54) is 34.0 Å². The molecule has 1 N–H and O–H groups in total. The van der Waals surface area contributed by atoms with Crippen molar-refractivity contribution in [2.24, 2.45) is 0 Å². The number of hydrogen-bond donors (Lipinski definition) is 1. The molecule has 4 aromatic rings. The first-order chi connectivity index (χ1) is 16.1. The summed E-state index contributed by atoms with van der Waals surface area (Å²) in [6.45, 7) is 3.13. The van der Waals surface area contributed by atoms with Crippen LogP contribution < -0.4 is 10.1 Å². The van der Waals surface area contributed by atoms with Crippen LogP contribution in [0.5, 0.6) is 5.75 Å². The van der Waals surface area contributed by atoms with E-state index in [1.807, 2.05) is 12.1 Å². The van der Waals surface area contributed by atoms with Gasteiger partial charge in [0.15, 0.2) is 0 Å². The third-order valence-corrected chi connectivity index (χ3v) is 5.97. The molecule has 1 atom stereocenters. The second-order valence-corrected chi connectivity index (χ2v) is 8.40. The highest BCUT2D eigenvalue weighted by atomic mass is 19.1. The Balaban J connectivity index is 1.42. The number of rotatable bonds is 9. The lowest BCUT2D eigenvalue weighted by molar-refractivity contribution is 0.414. The predicted molar refractivity (Wildman–Crippen MR) is 137 cm³/mol. The first-order valence-electron chi connectivity index (χ1n) is 11.4. The molecule has 0 aliphatic heterocycles. The Hall–Kier alpha value is -3.43. The molecule has 168 valence electrons. The van der Waals surface area contributed by atoms with Crippen molar-refractivity contribution in [2.45, 2.75) is 25.8 Å². The van der Waals surface area contributed by atoms with E-state index < -0.39 is 0 Å². The fourth-order valence-electron chi connectivity index (χ4n) is 4.17. The molecular weight excluding hydrogens is 409 g/mol. The van der Waals surface area contributed by atoms with E-state index in [1.54, 1.807) is 19.2 Å². The fourth-order valence-corrected chi connectivity index (χ4v) is 4.17. The van der Waals surface area contributed by atoms with Crippen LogP contribution in [0.3, 0.4) is 0 Å². The van der Waals surface area contributed by atoms with Crippen LogP contribution in [0, 0.1) is 5.82 Å². The number of methoxy groups -OCH3 is 1. The number of fused-ring (bicyclic) bond motifs is 1. The summed E-state index contributed by atoms with van der Waals surface area (Å²) in [4.78, 5) is 0. The van der Waals surface area contributed by atoms with E-state index in [4.69, 9.17) is 4.74 Å². The molecule has 0 aromatic heterocycles. The van der Waals surface area contributed by atoms with Gasteiger partial charge in [-0.1, -0.05) is 72.8 Å². The SMILES string of the molecule is COc1ccc(C=Cc2ccc(F)cc2)c(CC(C)NCCc2cccc3ccccc23)c1. The van der Waals surface area contributed by atoms with Crippen molar-refractivity contribution in [3.63, 3.8) is 0 Å². The summed E-state index contributed by atoms with van der Waals surface area (Å²) in [6.07, 6.45) is 5.98. The summed E-state index contributed by atoms with van der Waals surface area (Å²) in [6, 6.07) is 28.1. The summed E-state index contributed by atoms with van der Waals surface area (Å²) in [7, 11) is 1.69. The average Bonchev–Trinajstić information content (AvgIpc) is 2.84. The van der Waals surface area contributed by atoms with E-state index in [2.05, 4.69) is 72.9 Å². The van der Waals surface area contributed by atoms with Gasteiger partial charge < -0.3 is 10.1 Å². The maximum absolute atomic E-state index is 13.2. The number of benzene rings is 4. The summed E-state index contributed by atoms with van der Waals surface area (Å²) in [5, 5.41) is 6.30. The second kappa shape index (κ2) is 10.9. The molecule has 4 rings (SSSR count). The molecule has 0 heterocycles. The van der Waals surface area contributed by atoms with Crippen molar-refractivity contribution >= 4 is 22.9 Å². The zero-order valence-corrected chi connectivity index (χ0v) is 19.2. The van der Waals surface area contributed by atoms with Crippen molar-refractivity contribution in [1.82, 2.24) is 5.32 Å². The zero-order valence-electron chi connectivity index (χ0n) is 19.2. The molecule has 0 aliphatic rings. The quantitative estimate of drug-likeness (QED) is 0.286. The highest BCUT2D eigenvalue weighted by Crippen LogP contribution is 2.22. The molecule has 0 bridgehead atoms. The Bertz CT molecular complexity index is 1220. The van der Waals surface area contributed by atoms with E-state index in [0.717, 1.165) is 36.3 Å². The Morgan fingerprint density at radius 3 is 2.48 bits per heavy atom. The van der Waals surface area contributed by atoms with Crippen LogP contribution in [0.15, 0.2) is 84.9 Å². The minimum atomic E-state index is -0.222. The largest absolute Gasteiger partial charge is 0.497 e. The lowest BCUT2D eigenvalue weighted by atomic mass is 9.99. The normalized spacial score (nSPS) is 12.3. The monoisotopic (exact) mass is 439 g/mol. The lowest BCUT2D eigenvalue weighted by Crippen LogP contribution is -2.30. The van der Waals surface area contributed by atoms with Gasteiger partial charge in [0.05, 0.1) is 7.11 Å². The van der Waals surface area contributed by atoms with Crippen molar-refractivity contribution in [3.05, 3.63) is 113 Å². The summed E-state index contributed by atoms with van der Waals surface area (Å²) in [5.74, 6) is 0.632. The lowest BCUT2D eigenvalue weighted by Gasteiger charge is -2.17. The highest BCUT2D eigenvalue weighted by Gasteiger charge is 2.09. The summed E-state index contributed by atoms with van der Waals surface area (Å²) in [5.41, 5.74) is 4.71. The minimum Gasteiger partial charge on any atom is -0.497 e. The van der Waals surface area contributed by atoms with Gasteiger partial charge in [-0.3, -0.25) is 0 Å². The molecular formula is C30H30FNO. The number of ether oxygens (including phenoxy) is 1. The first kappa shape index (κ1) is 22.8. The topological polar surface area (TPSA) is 21.3 Å². The summed E-state index contributed by atoms with van der Waals surface area (Å²) >= 11 is 0. The minimum absolute atomic E-state index is 0.222. The number of nitrogens with one attached hydrogen (secondary N) is 1. The molecule has 33 heavy (non-hydrogen) atoms. The molecule has 2 nitrogen and oxygen atoms in total. The molecule has 0 saturated heterocycles. The van der Waals surface area contributed by atoms with Crippen molar-refractivity contribution in [2.75, 3.05) is 13.7 Å². The Kier molecular flexibility index (Phi) is 7.54. The van der Waals surface area contributed by atoms with E-state index in [9.17, 15) is 4.39 Å². The van der Waals surface area contributed by atoms with Crippen LogP contribution in [0.1, 0.15) is 29.2 Å². The molecule has 3 heteroatoms. The molecule has 0 aliphatic carbocycles. The van der Waals surface area contributed by atoms with Crippen LogP contribution in [-0.2, 0) is 12.8 Å². The predicted octanol–water partition coefficient (Wildman–Crippen LogP) is 6.92. The number of hydrogen-bond acceptors (Lipinski definition) is 2. The van der Waals surface area contributed by atoms with Gasteiger partial charge in [-0.15, -0.1) is 0 Å². The van der Waals surface area contributed by atoms with Gasteiger partial charge in [-0.2, -0.15) is 0 Å². The molecule has 0 fully saturated rings. The maximum Gasteiger partial charge on any atom is 0.123 e. The summed E-state index contributed by atoms with van der Waals surface area (Å²) < 4.78 is 18.6. The Morgan fingerprint density at radius 2 is 1.67 bits per heavy atom. The van der Waals surface area contributed by atoms with Crippen LogP contribution in [0.25, 0.3) is 22.9 Å². The molecule has 0 amide bonds. The molecule has 0 radical (unpaired) electrons. The van der Waals surface area contributed by atoms with E-state index in [-0.39, 0.29) is 5.82 Å². The smallest absolute Gasteiger partial charge is 0.123 e. The Labute approximate surface area is 195 Å². The van der Waals surface area contributed by atoms with Gasteiger partial charge in [-0.25, -0.2) is 4.39 Å². The van der Waals surface area contributed by atoms with Gasteiger partial charge in [0.2, 0.25) is 0 Å². The average molecular weight is 440 g/mol. The van der Waals surface area contributed by atoms with Gasteiger partial charge in [-0.05, 0) is 83.6 Å². The van der Waals surface area contributed by atoms with Gasteiger partial charge in [0.25, 0.3) is 0 Å². The van der Waals surface area contributed by atoms with Gasteiger partial charge >= 0.3 is 0 Å². The third-order valence-electron chi connectivity index (χ3n) is 5.97. The maximum atomic E-state index is 13.2. The van der Waals surface area contributed by atoms with Crippen LogP contribution >= 0.6 is 0 Å². The Morgan fingerprint density at radius 1 is 0.879 bits per heavy atom. The van der Waals surface area contributed by atoms with Gasteiger partial charge in [0.1, 0.15) is 11.6 Å². The van der Waals surface area contributed by atoms with Gasteiger partial charge in [0, 0.05) is 6.04 Å².